The van der Waals surface area contributed by atoms with E-state index in [2.05, 4.69) is 10.3 Å². The van der Waals surface area contributed by atoms with Crippen LogP contribution in [0, 0.1) is 17.5 Å². The lowest BCUT2D eigenvalue weighted by Crippen LogP contribution is -2.24. The maximum Gasteiger partial charge on any atom is 0.230 e. The maximum absolute atomic E-state index is 13.2. The summed E-state index contributed by atoms with van der Waals surface area (Å²) < 4.78 is 44.5. The van der Waals surface area contributed by atoms with Crippen LogP contribution >= 0.6 is 11.8 Å². The molecule has 0 aliphatic heterocycles. The number of hydrogen-bond donors (Lipinski definition) is 1. The molecule has 0 saturated carbocycles. The molecular formula is C20H15F3N2O2S. The van der Waals surface area contributed by atoms with Gasteiger partial charge in [0, 0.05) is 23.7 Å². The topological polar surface area (TPSA) is 51.2 Å². The summed E-state index contributed by atoms with van der Waals surface area (Å²) in [6, 6.07) is 12.4. The Balaban J connectivity index is 1.50. The highest BCUT2D eigenvalue weighted by Crippen LogP contribution is 2.21. The molecule has 28 heavy (non-hydrogen) atoms. The highest BCUT2D eigenvalue weighted by Gasteiger charge is 2.07. The number of carbonyl (C=O) groups excluding carboxylic acids is 1. The van der Waals surface area contributed by atoms with E-state index >= 15 is 0 Å². The van der Waals surface area contributed by atoms with Crippen LogP contribution in [0.2, 0.25) is 0 Å². The summed E-state index contributed by atoms with van der Waals surface area (Å²) in [5.74, 6) is -1.67. The fourth-order valence-corrected chi connectivity index (χ4v) is 2.96. The third-order valence-corrected chi connectivity index (χ3v) is 4.58. The van der Waals surface area contributed by atoms with Crippen molar-refractivity contribution in [2.75, 3.05) is 5.75 Å². The summed E-state index contributed by atoms with van der Waals surface area (Å²) in [5, 5.41) is 2.73. The summed E-state index contributed by atoms with van der Waals surface area (Å²) in [7, 11) is 0. The molecular weight excluding hydrogens is 389 g/mol. The van der Waals surface area contributed by atoms with E-state index in [1.807, 2.05) is 0 Å². The predicted octanol–water partition coefficient (Wildman–Crippen LogP) is 4.70. The average molecular weight is 404 g/mol. The van der Waals surface area contributed by atoms with Gasteiger partial charge in [0.2, 0.25) is 11.8 Å². The van der Waals surface area contributed by atoms with Crippen LogP contribution in [-0.2, 0) is 11.3 Å². The molecule has 8 heteroatoms. The second-order valence-electron chi connectivity index (χ2n) is 5.70. The molecule has 0 aliphatic carbocycles. The summed E-state index contributed by atoms with van der Waals surface area (Å²) in [6.07, 6.45) is 1.54. The number of amides is 1. The van der Waals surface area contributed by atoms with Gasteiger partial charge in [-0.25, -0.2) is 18.2 Å². The number of nitrogens with one attached hydrogen (secondary N) is 1. The van der Waals surface area contributed by atoms with Gasteiger partial charge in [-0.05, 0) is 54.1 Å². The average Bonchev–Trinajstić information content (AvgIpc) is 2.69. The molecule has 144 valence electrons. The van der Waals surface area contributed by atoms with Crippen molar-refractivity contribution in [1.29, 1.82) is 0 Å². The molecule has 1 amide bonds. The maximum atomic E-state index is 13.2. The Bertz CT molecular complexity index is 968. The molecule has 1 heterocycles. The molecule has 0 aliphatic rings. The van der Waals surface area contributed by atoms with Crippen molar-refractivity contribution in [1.82, 2.24) is 10.3 Å². The van der Waals surface area contributed by atoms with Gasteiger partial charge in [-0.2, -0.15) is 0 Å². The molecule has 0 spiro atoms. The Hall–Kier alpha value is -3.00. The van der Waals surface area contributed by atoms with E-state index in [4.69, 9.17) is 4.74 Å². The molecule has 0 fully saturated rings. The molecule has 0 atom stereocenters. The van der Waals surface area contributed by atoms with Crippen molar-refractivity contribution in [2.24, 2.45) is 0 Å². The Labute approximate surface area is 163 Å². The summed E-state index contributed by atoms with van der Waals surface area (Å²) in [4.78, 5) is 16.5. The van der Waals surface area contributed by atoms with Gasteiger partial charge in [-0.3, -0.25) is 4.79 Å². The molecule has 4 nitrogen and oxygen atoms in total. The van der Waals surface area contributed by atoms with Gasteiger partial charge in [0.1, 0.15) is 11.6 Å². The molecule has 2 aromatic carbocycles. The monoisotopic (exact) mass is 404 g/mol. The van der Waals surface area contributed by atoms with E-state index in [0.29, 0.717) is 16.5 Å². The van der Waals surface area contributed by atoms with E-state index in [9.17, 15) is 18.0 Å². The Morgan fingerprint density at radius 2 is 1.79 bits per heavy atom. The van der Waals surface area contributed by atoms with Gasteiger partial charge < -0.3 is 10.1 Å². The third-order valence-electron chi connectivity index (χ3n) is 3.59. The first-order valence-electron chi connectivity index (χ1n) is 8.22. The molecule has 0 unspecified atom stereocenters. The first-order chi connectivity index (χ1) is 13.5. The van der Waals surface area contributed by atoms with Crippen LogP contribution in [-0.4, -0.2) is 16.6 Å². The van der Waals surface area contributed by atoms with E-state index in [0.717, 1.165) is 29.5 Å². The summed E-state index contributed by atoms with van der Waals surface area (Å²) in [5.41, 5.74) is 0.762. The fourth-order valence-electron chi connectivity index (χ4n) is 2.21. The minimum absolute atomic E-state index is 0.0646. The van der Waals surface area contributed by atoms with Gasteiger partial charge in [-0.15, -0.1) is 11.8 Å². The number of rotatable bonds is 7. The zero-order valence-electron chi connectivity index (χ0n) is 14.5. The van der Waals surface area contributed by atoms with Crippen LogP contribution in [0.1, 0.15) is 5.56 Å². The number of carbonyl (C=O) groups is 1. The van der Waals surface area contributed by atoms with Crippen molar-refractivity contribution in [3.8, 4) is 11.6 Å². The number of pyridine rings is 1. The minimum atomic E-state index is -0.948. The summed E-state index contributed by atoms with van der Waals surface area (Å²) in [6.45, 7) is 0.249. The normalized spacial score (nSPS) is 10.5. The van der Waals surface area contributed by atoms with E-state index in [1.165, 1.54) is 36.5 Å². The van der Waals surface area contributed by atoms with Crippen molar-refractivity contribution < 1.29 is 22.7 Å². The largest absolute Gasteiger partial charge is 0.439 e. The number of thioether (sulfide) groups is 1. The van der Waals surface area contributed by atoms with Crippen molar-refractivity contribution >= 4 is 17.7 Å². The lowest BCUT2D eigenvalue weighted by molar-refractivity contribution is -0.118. The second kappa shape index (κ2) is 9.27. The van der Waals surface area contributed by atoms with Gasteiger partial charge >= 0.3 is 0 Å². The Morgan fingerprint density at radius 1 is 1.00 bits per heavy atom. The SMILES string of the molecule is O=C(CSc1ccc(F)c(F)c1)NCc1ccnc(Oc2ccc(F)cc2)c1. The van der Waals surface area contributed by atoms with Crippen LogP contribution < -0.4 is 10.1 Å². The second-order valence-corrected chi connectivity index (χ2v) is 6.75. The third kappa shape index (κ3) is 5.75. The number of hydrogen-bond acceptors (Lipinski definition) is 4. The predicted molar refractivity (Wildman–Crippen MR) is 99.6 cm³/mol. The number of benzene rings is 2. The number of aromatic nitrogens is 1. The Morgan fingerprint density at radius 3 is 2.54 bits per heavy atom. The molecule has 0 saturated heterocycles. The number of halogens is 3. The van der Waals surface area contributed by atoms with Crippen LogP contribution in [0.25, 0.3) is 0 Å². The van der Waals surface area contributed by atoms with Crippen LogP contribution in [0.5, 0.6) is 11.6 Å². The van der Waals surface area contributed by atoms with Crippen molar-refractivity contribution in [3.63, 3.8) is 0 Å². The number of ether oxygens (including phenoxy) is 1. The number of nitrogens with zero attached hydrogens (tertiary/aromatic N) is 1. The lowest BCUT2D eigenvalue weighted by atomic mass is 10.2. The molecule has 0 bridgehead atoms. The van der Waals surface area contributed by atoms with Crippen LogP contribution in [0.15, 0.2) is 65.7 Å². The quantitative estimate of drug-likeness (QED) is 0.580. The fraction of sp³-hybridized carbons (Fsp3) is 0.100. The zero-order valence-corrected chi connectivity index (χ0v) is 15.3. The van der Waals surface area contributed by atoms with E-state index in [1.54, 1.807) is 12.1 Å². The smallest absolute Gasteiger partial charge is 0.230 e. The molecule has 3 aromatic rings. The first-order valence-corrected chi connectivity index (χ1v) is 9.21. The van der Waals surface area contributed by atoms with Crippen LogP contribution in [0.3, 0.4) is 0 Å². The minimum Gasteiger partial charge on any atom is -0.439 e. The highest BCUT2D eigenvalue weighted by atomic mass is 32.2. The van der Waals surface area contributed by atoms with Gasteiger partial charge in [0.25, 0.3) is 0 Å². The first kappa shape index (κ1) is 19.8. The molecule has 1 N–H and O–H groups in total. The van der Waals surface area contributed by atoms with Crippen LogP contribution in [0.4, 0.5) is 13.2 Å². The molecule has 0 radical (unpaired) electrons. The standard InChI is InChI=1S/C20H15F3N2O2S/c21-14-1-3-15(4-2-14)27-20-9-13(7-8-24-20)11-25-19(26)12-28-16-5-6-17(22)18(23)10-16/h1-10H,11-12H2,(H,25,26). The lowest BCUT2D eigenvalue weighted by Gasteiger charge is -2.08. The molecule has 1 aromatic heterocycles. The van der Waals surface area contributed by atoms with Crippen molar-refractivity contribution in [3.05, 3.63) is 83.8 Å². The molecule has 3 rings (SSSR count). The van der Waals surface area contributed by atoms with E-state index in [-0.39, 0.29) is 24.0 Å². The van der Waals surface area contributed by atoms with E-state index < -0.39 is 11.6 Å². The van der Waals surface area contributed by atoms with Gasteiger partial charge in [0.05, 0.1) is 5.75 Å². The Kier molecular flexibility index (Phi) is 6.54. The van der Waals surface area contributed by atoms with Gasteiger partial charge in [-0.1, -0.05) is 0 Å². The summed E-state index contributed by atoms with van der Waals surface area (Å²) >= 11 is 1.11. The van der Waals surface area contributed by atoms with Crippen molar-refractivity contribution in [2.45, 2.75) is 11.4 Å². The van der Waals surface area contributed by atoms with Gasteiger partial charge in [0.15, 0.2) is 11.6 Å². The zero-order chi connectivity index (χ0) is 19.9. The highest BCUT2D eigenvalue weighted by molar-refractivity contribution is 8.00.